The van der Waals surface area contributed by atoms with Crippen LogP contribution in [0.3, 0.4) is 0 Å². The molecular weight excluding hydrogens is 334 g/mol. The first kappa shape index (κ1) is 18.9. The lowest BCUT2D eigenvalue weighted by molar-refractivity contribution is -0.384. The third-order valence-corrected chi connectivity index (χ3v) is 3.38. The molecule has 0 amide bonds. The van der Waals surface area contributed by atoms with E-state index >= 15 is 0 Å². The van der Waals surface area contributed by atoms with Crippen LogP contribution in [-0.4, -0.2) is 17.2 Å². The van der Waals surface area contributed by atoms with Crippen molar-refractivity contribution in [2.75, 3.05) is 0 Å². The van der Waals surface area contributed by atoms with Crippen LogP contribution in [0.1, 0.15) is 25.0 Å². The molecule has 1 atom stereocenters. The van der Waals surface area contributed by atoms with Crippen molar-refractivity contribution in [1.82, 2.24) is 0 Å². The average Bonchev–Trinajstić information content (AvgIpc) is 2.61. The minimum atomic E-state index is -0.722. The summed E-state index contributed by atoms with van der Waals surface area (Å²) >= 11 is 0. The van der Waals surface area contributed by atoms with E-state index in [1.54, 1.807) is 38.1 Å². The van der Waals surface area contributed by atoms with Crippen LogP contribution < -0.4 is 4.74 Å². The third kappa shape index (κ3) is 5.59. The summed E-state index contributed by atoms with van der Waals surface area (Å²) in [6.07, 6.45) is 3.02. The number of nitrogens with zero attached hydrogens (tertiary/aromatic N) is 1. The fraction of sp³-hybridized carbons (Fsp3) is 0.150. The summed E-state index contributed by atoms with van der Waals surface area (Å²) in [5, 5.41) is 10.6. The highest BCUT2D eigenvalue weighted by atomic mass is 16.7. The summed E-state index contributed by atoms with van der Waals surface area (Å²) in [5.41, 5.74) is 2.16. The Bertz CT molecular complexity index is 822. The summed E-state index contributed by atoms with van der Waals surface area (Å²) in [7, 11) is 0. The Balaban J connectivity index is 1.95. The first-order valence-electron chi connectivity index (χ1n) is 7.91. The minimum absolute atomic E-state index is 0.0603. The number of hydrogen-bond donors (Lipinski definition) is 0. The number of hydrogen-bond acceptors (Lipinski definition) is 5. The number of nitro benzene ring substituents is 1. The van der Waals surface area contributed by atoms with Gasteiger partial charge in [0.25, 0.3) is 5.69 Å². The Hall–Kier alpha value is -3.41. The van der Waals surface area contributed by atoms with Gasteiger partial charge in [-0.15, -0.1) is 0 Å². The highest BCUT2D eigenvalue weighted by Gasteiger charge is 2.11. The number of carbonyl (C=O) groups excluding carboxylic acids is 1. The quantitative estimate of drug-likeness (QED) is 0.181. The normalized spacial score (nSPS) is 11.8. The second-order valence-corrected chi connectivity index (χ2v) is 5.62. The lowest BCUT2D eigenvalue weighted by Crippen LogP contribution is -2.21. The van der Waals surface area contributed by atoms with Gasteiger partial charge in [-0.2, -0.15) is 0 Å². The van der Waals surface area contributed by atoms with Crippen LogP contribution in [0.4, 0.5) is 5.69 Å². The van der Waals surface area contributed by atoms with E-state index in [0.717, 1.165) is 11.1 Å². The van der Waals surface area contributed by atoms with E-state index in [4.69, 9.17) is 9.47 Å². The molecule has 0 fully saturated rings. The molecule has 0 bridgehead atoms. The van der Waals surface area contributed by atoms with Crippen molar-refractivity contribution in [3.63, 3.8) is 0 Å². The predicted molar refractivity (Wildman–Crippen MR) is 99.5 cm³/mol. The van der Waals surface area contributed by atoms with E-state index in [-0.39, 0.29) is 5.69 Å². The number of nitro groups is 1. The van der Waals surface area contributed by atoms with Crippen LogP contribution >= 0.6 is 0 Å². The smallest absolute Gasteiger partial charge is 0.336 e. The van der Waals surface area contributed by atoms with E-state index in [1.807, 2.05) is 24.3 Å². The van der Waals surface area contributed by atoms with E-state index in [0.29, 0.717) is 11.3 Å². The third-order valence-electron chi connectivity index (χ3n) is 3.38. The van der Waals surface area contributed by atoms with Crippen molar-refractivity contribution in [3.8, 4) is 5.75 Å². The average molecular weight is 353 g/mol. The lowest BCUT2D eigenvalue weighted by Gasteiger charge is -2.15. The summed E-state index contributed by atoms with van der Waals surface area (Å²) in [5.74, 6) is 0.0691. The van der Waals surface area contributed by atoms with Crippen LogP contribution in [0.2, 0.25) is 0 Å². The maximum absolute atomic E-state index is 11.4. The fourth-order valence-corrected chi connectivity index (χ4v) is 2.02. The van der Waals surface area contributed by atoms with Crippen LogP contribution in [0.15, 0.2) is 60.7 Å². The standard InChI is InChI=1S/C20H19NO5/c1-14(2)20(22)26-15(3)25-19-12-8-17(9-13-19)5-4-16-6-10-18(11-7-16)21(23)24/h4-13,15H,1H2,2-3H3. The number of benzene rings is 2. The summed E-state index contributed by atoms with van der Waals surface area (Å²) < 4.78 is 10.6. The number of rotatable bonds is 7. The first-order chi connectivity index (χ1) is 12.3. The maximum atomic E-state index is 11.4. The number of esters is 1. The van der Waals surface area contributed by atoms with Gasteiger partial charge in [-0.05, 0) is 42.3 Å². The van der Waals surface area contributed by atoms with Gasteiger partial charge in [0.05, 0.1) is 4.92 Å². The van der Waals surface area contributed by atoms with Crippen LogP contribution in [0.25, 0.3) is 12.2 Å². The Morgan fingerprint density at radius 3 is 2.04 bits per heavy atom. The number of carbonyl (C=O) groups is 1. The van der Waals surface area contributed by atoms with Crippen molar-refractivity contribution in [2.45, 2.75) is 20.1 Å². The van der Waals surface area contributed by atoms with Gasteiger partial charge in [0.1, 0.15) is 5.75 Å². The predicted octanol–water partition coefficient (Wildman–Crippen LogP) is 4.61. The molecular formula is C20H19NO5. The van der Waals surface area contributed by atoms with Gasteiger partial charge in [0.2, 0.25) is 6.29 Å². The maximum Gasteiger partial charge on any atom is 0.336 e. The topological polar surface area (TPSA) is 78.7 Å². The molecule has 2 aromatic carbocycles. The van der Waals surface area contributed by atoms with Crippen molar-refractivity contribution in [1.29, 1.82) is 0 Å². The Morgan fingerprint density at radius 2 is 1.58 bits per heavy atom. The Morgan fingerprint density at radius 1 is 1.08 bits per heavy atom. The van der Waals surface area contributed by atoms with E-state index < -0.39 is 17.2 Å². The van der Waals surface area contributed by atoms with E-state index in [1.165, 1.54) is 12.1 Å². The molecule has 0 aromatic heterocycles. The number of ether oxygens (including phenoxy) is 2. The van der Waals surface area contributed by atoms with Crippen LogP contribution in [0.5, 0.6) is 5.75 Å². The van der Waals surface area contributed by atoms with Crippen LogP contribution in [0, 0.1) is 10.1 Å². The van der Waals surface area contributed by atoms with Gasteiger partial charge in [-0.1, -0.05) is 30.9 Å². The molecule has 1 unspecified atom stereocenters. The molecule has 0 radical (unpaired) electrons. The zero-order valence-corrected chi connectivity index (χ0v) is 14.5. The molecule has 134 valence electrons. The highest BCUT2D eigenvalue weighted by molar-refractivity contribution is 5.87. The lowest BCUT2D eigenvalue weighted by atomic mass is 10.1. The van der Waals surface area contributed by atoms with Crippen molar-refractivity contribution < 1.29 is 19.2 Å². The largest absolute Gasteiger partial charge is 0.455 e. The van der Waals surface area contributed by atoms with E-state index in [2.05, 4.69) is 6.58 Å². The molecule has 0 aliphatic heterocycles. The second-order valence-electron chi connectivity index (χ2n) is 5.62. The fourth-order valence-electron chi connectivity index (χ4n) is 2.02. The molecule has 0 saturated carbocycles. The molecule has 0 heterocycles. The van der Waals surface area contributed by atoms with Gasteiger partial charge in [-0.25, -0.2) is 4.79 Å². The van der Waals surface area contributed by atoms with Crippen LogP contribution in [-0.2, 0) is 9.53 Å². The molecule has 0 saturated heterocycles. The zero-order valence-electron chi connectivity index (χ0n) is 14.5. The van der Waals surface area contributed by atoms with Gasteiger partial charge in [0.15, 0.2) is 0 Å². The SMILES string of the molecule is C=C(C)C(=O)OC(C)Oc1ccc(C=Cc2ccc([N+](=O)[O-])cc2)cc1. The van der Waals surface area contributed by atoms with Crippen molar-refractivity contribution in [2.24, 2.45) is 0 Å². The molecule has 0 aliphatic carbocycles. The van der Waals surface area contributed by atoms with E-state index in [9.17, 15) is 14.9 Å². The Kier molecular flexibility index (Phi) is 6.27. The molecule has 6 nitrogen and oxygen atoms in total. The van der Waals surface area contributed by atoms with Crippen molar-refractivity contribution in [3.05, 3.63) is 81.9 Å². The number of non-ortho nitro benzene ring substituents is 1. The van der Waals surface area contributed by atoms with Crippen molar-refractivity contribution >= 4 is 23.8 Å². The molecule has 0 aliphatic rings. The van der Waals surface area contributed by atoms with Gasteiger partial charge in [-0.3, -0.25) is 10.1 Å². The summed E-state index contributed by atoms with van der Waals surface area (Å²) in [6.45, 7) is 6.71. The molecule has 0 spiro atoms. The minimum Gasteiger partial charge on any atom is -0.455 e. The molecule has 26 heavy (non-hydrogen) atoms. The summed E-state index contributed by atoms with van der Waals surface area (Å²) in [4.78, 5) is 21.6. The monoisotopic (exact) mass is 353 g/mol. The molecule has 2 aromatic rings. The zero-order chi connectivity index (χ0) is 19.1. The molecule has 2 rings (SSSR count). The molecule has 0 N–H and O–H groups in total. The second kappa shape index (κ2) is 8.62. The van der Waals surface area contributed by atoms with Gasteiger partial charge >= 0.3 is 5.97 Å². The summed E-state index contributed by atoms with van der Waals surface area (Å²) in [6, 6.07) is 13.5. The highest BCUT2D eigenvalue weighted by Crippen LogP contribution is 2.18. The van der Waals surface area contributed by atoms with Gasteiger partial charge < -0.3 is 9.47 Å². The van der Waals surface area contributed by atoms with Gasteiger partial charge in [0, 0.05) is 24.6 Å². The molecule has 6 heteroatoms. The first-order valence-corrected chi connectivity index (χ1v) is 7.91. The Labute approximate surface area is 151 Å².